The van der Waals surface area contributed by atoms with Crippen LogP contribution in [0.3, 0.4) is 0 Å². The fraction of sp³-hybridized carbons (Fsp3) is 0. The molecular weight excluding hydrogens is 295 g/mol. The molecule has 0 bridgehead atoms. The van der Waals surface area contributed by atoms with Gasteiger partial charge in [0.2, 0.25) is 0 Å². The third-order valence-electron chi connectivity index (χ3n) is 2.83. The normalized spacial score (nSPS) is 10.9. The molecule has 3 nitrogen and oxygen atoms in total. The van der Waals surface area contributed by atoms with Crippen molar-refractivity contribution in [3.8, 4) is 0 Å². The van der Waals surface area contributed by atoms with E-state index in [1.54, 1.807) is 24.3 Å². The van der Waals surface area contributed by atoms with Crippen molar-refractivity contribution >= 4 is 39.8 Å². The molecule has 0 amide bonds. The Bertz CT molecular complexity index is 833. The third-order valence-corrected chi connectivity index (χ3v) is 5.39. The standard InChI is InChI=1S/C14H8O3Se/c15-12-8-4-1-2-7-11(8)18-13-9(12)5-3-6-10(13)14(16)17/h1-7H,(H,16,17). The van der Waals surface area contributed by atoms with E-state index >= 15 is 0 Å². The number of carboxylic acid groups (broad SMARTS) is 1. The van der Waals surface area contributed by atoms with Gasteiger partial charge < -0.3 is 0 Å². The van der Waals surface area contributed by atoms with Crippen LogP contribution in [0, 0.1) is 0 Å². The predicted molar refractivity (Wildman–Crippen MR) is 71.6 cm³/mol. The van der Waals surface area contributed by atoms with Crippen LogP contribution in [0.4, 0.5) is 0 Å². The van der Waals surface area contributed by atoms with Crippen molar-refractivity contribution in [1.82, 2.24) is 0 Å². The van der Waals surface area contributed by atoms with Crippen LogP contribution in [-0.4, -0.2) is 25.6 Å². The van der Waals surface area contributed by atoms with Gasteiger partial charge in [-0.25, -0.2) is 0 Å². The van der Waals surface area contributed by atoms with E-state index in [0.717, 1.165) is 4.26 Å². The Morgan fingerprint density at radius 3 is 2.50 bits per heavy atom. The average Bonchev–Trinajstić information content (AvgIpc) is 2.38. The number of rotatable bonds is 1. The van der Waals surface area contributed by atoms with Crippen LogP contribution in [-0.2, 0) is 0 Å². The molecule has 2 aromatic carbocycles. The Morgan fingerprint density at radius 2 is 1.72 bits per heavy atom. The van der Waals surface area contributed by atoms with E-state index in [-0.39, 0.29) is 25.5 Å². The molecule has 1 N–H and O–H groups in total. The number of benzene rings is 2. The molecule has 18 heavy (non-hydrogen) atoms. The molecule has 0 saturated heterocycles. The van der Waals surface area contributed by atoms with Crippen molar-refractivity contribution in [1.29, 1.82) is 0 Å². The van der Waals surface area contributed by atoms with E-state index in [1.807, 2.05) is 18.2 Å². The van der Waals surface area contributed by atoms with Gasteiger partial charge in [-0.05, 0) is 0 Å². The fourth-order valence-electron chi connectivity index (χ4n) is 1.99. The number of hydrogen-bond acceptors (Lipinski definition) is 2. The molecule has 0 atom stereocenters. The first kappa shape index (κ1) is 11.2. The summed E-state index contributed by atoms with van der Waals surface area (Å²) in [5.41, 5.74) is 0.173. The molecule has 4 heteroatoms. The summed E-state index contributed by atoms with van der Waals surface area (Å²) in [4.78, 5) is 23.5. The first-order valence-electron chi connectivity index (χ1n) is 5.36. The van der Waals surface area contributed by atoms with Gasteiger partial charge in [0, 0.05) is 0 Å². The summed E-state index contributed by atoms with van der Waals surface area (Å²) >= 11 is -0.130. The van der Waals surface area contributed by atoms with Gasteiger partial charge in [0.05, 0.1) is 0 Å². The number of aromatic carboxylic acids is 1. The Balaban J connectivity index is 2.60. The maximum atomic E-state index is 12.3. The molecule has 0 aliphatic rings. The molecule has 0 fully saturated rings. The van der Waals surface area contributed by atoms with Crippen molar-refractivity contribution in [3.63, 3.8) is 0 Å². The summed E-state index contributed by atoms with van der Waals surface area (Å²) in [6, 6.07) is 12.3. The van der Waals surface area contributed by atoms with Crippen LogP contribution in [0.15, 0.2) is 47.3 Å². The molecule has 3 rings (SSSR count). The zero-order chi connectivity index (χ0) is 12.7. The first-order valence-corrected chi connectivity index (χ1v) is 7.07. The van der Waals surface area contributed by atoms with E-state index < -0.39 is 5.97 Å². The SMILES string of the molecule is O=C(O)c1cccc2c(=O)c3ccccc3[se]c12. The van der Waals surface area contributed by atoms with Gasteiger partial charge in [-0.15, -0.1) is 0 Å². The van der Waals surface area contributed by atoms with Crippen molar-refractivity contribution in [2.24, 2.45) is 0 Å². The molecule has 0 unspecified atom stereocenters. The average molecular weight is 303 g/mol. The van der Waals surface area contributed by atoms with Gasteiger partial charge in [-0.1, -0.05) is 0 Å². The Hall–Kier alpha value is -1.90. The molecule has 0 aliphatic heterocycles. The topological polar surface area (TPSA) is 54.4 Å². The number of carboxylic acids is 1. The Morgan fingerprint density at radius 1 is 1.00 bits per heavy atom. The van der Waals surface area contributed by atoms with E-state index in [4.69, 9.17) is 0 Å². The van der Waals surface area contributed by atoms with Gasteiger partial charge in [0.25, 0.3) is 0 Å². The number of carbonyl (C=O) groups is 1. The summed E-state index contributed by atoms with van der Waals surface area (Å²) in [7, 11) is 0. The van der Waals surface area contributed by atoms with Crippen molar-refractivity contribution in [2.45, 2.75) is 0 Å². The molecule has 1 aromatic heterocycles. The van der Waals surface area contributed by atoms with Gasteiger partial charge in [-0.2, -0.15) is 0 Å². The minimum atomic E-state index is -0.971. The summed E-state index contributed by atoms with van der Waals surface area (Å²) in [6.45, 7) is 0. The van der Waals surface area contributed by atoms with Gasteiger partial charge >= 0.3 is 108 Å². The quantitative estimate of drug-likeness (QED) is 0.553. The first-order chi connectivity index (χ1) is 8.68. The summed E-state index contributed by atoms with van der Waals surface area (Å²) in [6.07, 6.45) is 0. The van der Waals surface area contributed by atoms with Crippen LogP contribution >= 0.6 is 0 Å². The molecule has 3 aromatic rings. The zero-order valence-electron chi connectivity index (χ0n) is 9.21. The van der Waals surface area contributed by atoms with Crippen LogP contribution in [0.2, 0.25) is 0 Å². The van der Waals surface area contributed by atoms with Gasteiger partial charge in [0.1, 0.15) is 0 Å². The molecule has 88 valence electrons. The summed E-state index contributed by atoms with van der Waals surface area (Å²) in [5, 5.41) is 10.4. The zero-order valence-corrected chi connectivity index (χ0v) is 10.9. The van der Waals surface area contributed by atoms with Crippen LogP contribution in [0.5, 0.6) is 0 Å². The van der Waals surface area contributed by atoms with E-state index in [2.05, 4.69) is 0 Å². The van der Waals surface area contributed by atoms with Gasteiger partial charge in [0.15, 0.2) is 0 Å². The Kier molecular flexibility index (Phi) is 2.54. The number of fused-ring (bicyclic) bond motifs is 2. The van der Waals surface area contributed by atoms with Gasteiger partial charge in [-0.3, -0.25) is 0 Å². The second-order valence-electron chi connectivity index (χ2n) is 3.91. The minimum absolute atomic E-state index is 0.0724. The van der Waals surface area contributed by atoms with Crippen molar-refractivity contribution in [3.05, 3.63) is 58.3 Å². The monoisotopic (exact) mass is 304 g/mol. The second kappa shape index (κ2) is 4.09. The molecule has 0 radical (unpaired) electrons. The van der Waals surface area contributed by atoms with Crippen molar-refractivity contribution in [2.75, 3.05) is 0 Å². The molecule has 0 spiro atoms. The van der Waals surface area contributed by atoms with E-state index in [0.29, 0.717) is 15.0 Å². The second-order valence-corrected chi connectivity index (χ2v) is 6.12. The number of hydrogen-bond donors (Lipinski definition) is 1. The molecule has 0 saturated carbocycles. The van der Waals surface area contributed by atoms with E-state index in [1.165, 1.54) is 0 Å². The van der Waals surface area contributed by atoms with Crippen LogP contribution in [0.25, 0.3) is 19.3 Å². The molecular formula is C14H8O3Se. The summed E-state index contributed by atoms with van der Waals surface area (Å²) in [5.74, 6) is -0.971. The maximum absolute atomic E-state index is 12.3. The van der Waals surface area contributed by atoms with Crippen LogP contribution in [0.1, 0.15) is 10.4 Å². The Labute approximate surface area is 108 Å². The fourth-order valence-corrected chi connectivity index (χ4v) is 4.45. The predicted octanol–water partition coefficient (Wildman–Crippen LogP) is 2.11. The van der Waals surface area contributed by atoms with E-state index in [9.17, 15) is 14.7 Å². The third kappa shape index (κ3) is 1.58. The summed E-state index contributed by atoms with van der Waals surface area (Å²) < 4.78 is 1.64. The van der Waals surface area contributed by atoms with Crippen molar-refractivity contribution < 1.29 is 9.90 Å². The van der Waals surface area contributed by atoms with Crippen LogP contribution < -0.4 is 5.43 Å². The molecule has 0 aliphatic carbocycles. The molecule has 1 heterocycles.